The minimum Gasteiger partial charge on any atom is -0.481 e. The van der Waals surface area contributed by atoms with Gasteiger partial charge in [0.2, 0.25) is 0 Å². The number of rotatable bonds is 4. The second-order valence-corrected chi connectivity index (χ2v) is 6.28. The van der Waals surface area contributed by atoms with Crippen LogP contribution in [0.25, 0.3) is 10.4 Å². The van der Waals surface area contributed by atoms with Crippen LogP contribution in [0.4, 0.5) is 0 Å². The first-order valence-corrected chi connectivity index (χ1v) is 7.09. The van der Waals surface area contributed by atoms with Crippen molar-refractivity contribution in [3.05, 3.63) is 46.8 Å². The zero-order chi connectivity index (χ0) is 14.9. The van der Waals surface area contributed by atoms with E-state index >= 15 is 0 Å². The molecule has 0 aliphatic carbocycles. The first-order chi connectivity index (χ1) is 9.34. The predicted octanol–water partition coefficient (Wildman–Crippen LogP) is 3.98. The van der Waals surface area contributed by atoms with Crippen molar-refractivity contribution in [2.45, 2.75) is 26.2 Å². The molecule has 1 heterocycles. The summed E-state index contributed by atoms with van der Waals surface area (Å²) in [4.78, 5) is 24.5. The number of benzene rings is 1. The van der Waals surface area contributed by atoms with E-state index in [1.54, 1.807) is 19.9 Å². The lowest BCUT2D eigenvalue weighted by atomic mass is 9.81. The van der Waals surface area contributed by atoms with Gasteiger partial charge in [-0.1, -0.05) is 24.3 Å². The summed E-state index contributed by atoms with van der Waals surface area (Å²) in [5.74, 6) is -0.843. The van der Waals surface area contributed by atoms with Gasteiger partial charge >= 0.3 is 5.97 Å². The number of hydrogen-bond acceptors (Lipinski definition) is 3. The summed E-state index contributed by atoms with van der Waals surface area (Å²) < 4.78 is 0. The molecule has 1 aromatic heterocycles. The third-order valence-corrected chi connectivity index (χ3v) is 4.57. The number of carboxylic acid groups (broad SMARTS) is 1. The van der Waals surface area contributed by atoms with Gasteiger partial charge in [-0.25, -0.2) is 0 Å². The molecule has 1 N–H and O–H groups in total. The Morgan fingerprint density at radius 3 is 2.30 bits per heavy atom. The van der Waals surface area contributed by atoms with Crippen LogP contribution in [-0.4, -0.2) is 16.9 Å². The largest absolute Gasteiger partial charge is 0.481 e. The van der Waals surface area contributed by atoms with Crippen molar-refractivity contribution in [3.8, 4) is 10.4 Å². The molecule has 0 radical (unpaired) electrons. The second-order valence-electron chi connectivity index (χ2n) is 5.20. The number of aliphatic carboxylic acids is 1. The molecule has 4 heteroatoms. The Morgan fingerprint density at radius 1 is 1.10 bits per heavy atom. The molecule has 3 nitrogen and oxygen atoms in total. The fourth-order valence-corrected chi connectivity index (χ4v) is 2.97. The predicted molar refractivity (Wildman–Crippen MR) is 80.4 cm³/mol. The minimum atomic E-state index is -0.975. The lowest BCUT2D eigenvalue weighted by Gasteiger charge is -2.22. The van der Waals surface area contributed by atoms with E-state index in [0.29, 0.717) is 4.88 Å². The van der Waals surface area contributed by atoms with Gasteiger partial charge in [0.15, 0.2) is 5.78 Å². The summed E-state index contributed by atoms with van der Waals surface area (Å²) in [6.07, 6.45) is 0. The van der Waals surface area contributed by atoms with Crippen LogP contribution in [0, 0.1) is 0 Å². The highest BCUT2D eigenvalue weighted by molar-refractivity contribution is 7.17. The van der Waals surface area contributed by atoms with Crippen molar-refractivity contribution < 1.29 is 14.7 Å². The molecule has 104 valence electrons. The SMILES string of the molecule is CC(=O)c1ccc(-c2ccccc2C(C)(C)C(=O)O)s1. The Hall–Kier alpha value is -1.94. The quantitative estimate of drug-likeness (QED) is 0.866. The van der Waals surface area contributed by atoms with Crippen LogP contribution in [0.2, 0.25) is 0 Å². The third-order valence-electron chi connectivity index (χ3n) is 3.35. The molecule has 0 unspecified atom stereocenters. The number of hydrogen-bond donors (Lipinski definition) is 1. The van der Waals surface area contributed by atoms with Crippen molar-refractivity contribution in [2.24, 2.45) is 0 Å². The standard InChI is InChI=1S/C16H16O3S/c1-10(17)13-8-9-14(20-13)11-6-4-5-7-12(11)16(2,3)15(18)19/h4-9H,1-3H3,(H,18,19). The summed E-state index contributed by atoms with van der Waals surface area (Å²) in [5, 5.41) is 9.41. The molecule has 0 aliphatic heterocycles. The molecule has 0 fully saturated rings. The number of carbonyl (C=O) groups is 2. The van der Waals surface area contributed by atoms with Gasteiger partial charge in [-0.3, -0.25) is 9.59 Å². The Kier molecular flexibility index (Phi) is 3.77. The van der Waals surface area contributed by atoms with Crippen molar-refractivity contribution >= 4 is 23.1 Å². The average Bonchev–Trinajstić information content (AvgIpc) is 2.88. The molecule has 2 aromatic rings. The van der Waals surface area contributed by atoms with Crippen LogP contribution in [0.3, 0.4) is 0 Å². The summed E-state index contributed by atoms with van der Waals surface area (Å²) in [6, 6.07) is 11.1. The number of ketones is 1. The monoisotopic (exact) mass is 288 g/mol. The van der Waals surface area contributed by atoms with E-state index in [4.69, 9.17) is 0 Å². The zero-order valence-electron chi connectivity index (χ0n) is 11.6. The fourth-order valence-electron chi connectivity index (χ4n) is 2.03. The molecule has 20 heavy (non-hydrogen) atoms. The number of Topliss-reactive ketones (excluding diaryl/α,β-unsaturated/α-hetero) is 1. The first-order valence-electron chi connectivity index (χ1n) is 6.28. The normalized spacial score (nSPS) is 11.3. The van der Waals surface area contributed by atoms with Gasteiger partial charge in [-0.2, -0.15) is 0 Å². The van der Waals surface area contributed by atoms with E-state index in [-0.39, 0.29) is 5.78 Å². The lowest BCUT2D eigenvalue weighted by Crippen LogP contribution is -2.29. The molecule has 0 atom stereocenters. The van der Waals surface area contributed by atoms with Gasteiger partial charge in [-0.15, -0.1) is 11.3 Å². The van der Waals surface area contributed by atoms with E-state index in [1.807, 2.05) is 30.3 Å². The van der Waals surface area contributed by atoms with E-state index in [9.17, 15) is 14.7 Å². The second kappa shape index (κ2) is 5.21. The van der Waals surface area contributed by atoms with Gasteiger partial charge in [0, 0.05) is 4.88 Å². The summed E-state index contributed by atoms with van der Waals surface area (Å²) in [5.41, 5.74) is 0.651. The highest BCUT2D eigenvalue weighted by atomic mass is 32.1. The molecule has 0 aliphatic rings. The van der Waals surface area contributed by atoms with E-state index < -0.39 is 11.4 Å². The van der Waals surface area contributed by atoms with E-state index in [0.717, 1.165) is 16.0 Å². The first kappa shape index (κ1) is 14.5. The lowest BCUT2D eigenvalue weighted by molar-refractivity contribution is -0.142. The molecule has 0 saturated heterocycles. The Balaban J connectivity index is 2.57. The van der Waals surface area contributed by atoms with Gasteiger partial charge in [-0.05, 0) is 44.0 Å². The van der Waals surface area contributed by atoms with E-state index in [1.165, 1.54) is 18.3 Å². The molecule has 0 spiro atoms. The fraction of sp³-hybridized carbons (Fsp3) is 0.250. The topological polar surface area (TPSA) is 54.4 Å². The molecular weight excluding hydrogens is 272 g/mol. The molecule has 0 amide bonds. The number of carbonyl (C=O) groups excluding carboxylic acids is 1. The number of carboxylic acids is 1. The van der Waals surface area contributed by atoms with Gasteiger partial charge < -0.3 is 5.11 Å². The van der Waals surface area contributed by atoms with Crippen molar-refractivity contribution in [1.29, 1.82) is 0 Å². The van der Waals surface area contributed by atoms with Crippen molar-refractivity contribution in [3.63, 3.8) is 0 Å². The number of thiophene rings is 1. The van der Waals surface area contributed by atoms with Gasteiger partial charge in [0.25, 0.3) is 0 Å². The maximum atomic E-state index is 11.5. The Morgan fingerprint density at radius 2 is 1.75 bits per heavy atom. The van der Waals surface area contributed by atoms with Crippen molar-refractivity contribution in [1.82, 2.24) is 0 Å². The average molecular weight is 288 g/mol. The minimum absolute atomic E-state index is 0.0243. The summed E-state index contributed by atoms with van der Waals surface area (Å²) in [6.45, 7) is 4.91. The summed E-state index contributed by atoms with van der Waals surface area (Å²) >= 11 is 1.39. The molecule has 0 bridgehead atoms. The Bertz CT molecular complexity index is 668. The van der Waals surface area contributed by atoms with Crippen LogP contribution in [0.5, 0.6) is 0 Å². The van der Waals surface area contributed by atoms with Crippen molar-refractivity contribution in [2.75, 3.05) is 0 Å². The zero-order valence-corrected chi connectivity index (χ0v) is 12.5. The highest BCUT2D eigenvalue weighted by Crippen LogP contribution is 2.36. The van der Waals surface area contributed by atoms with Gasteiger partial charge in [0.1, 0.15) is 0 Å². The van der Waals surface area contributed by atoms with Crippen LogP contribution < -0.4 is 0 Å². The molecule has 2 rings (SSSR count). The molecule has 0 saturated carbocycles. The maximum Gasteiger partial charge on any atom is 0.313 e. The smallest absolute Gasteiger partial charge is 0.313 e. The third kappa shape index (κ3) is 2.51. The molecular formula is C16H16O3S. The maximum absolute atomic E-state index is 11.5. The van der Waals surface area contributed by atoms with Crippen LogP contribution >= 0.6 is 11.3 Å². The Labute approximate surface area is 121 Å². The van der Waals surface area contributed by atoms with Crippen LogP contribution in [-0.2, 0) is 10.2 Å². The highest BCUT2D eigenvalue weighted by Gasteiger charge is 2.32. The summed E-state index contributed by atoms with van der Waals surface area (Å²) in [7, 11) is 0. The van der Waals surface area contributed by atoms with Crippen LogP contribution in [0.15, 0.2) is 36.4 Å². The van der Waals surface area contributed by atoms with Crippen LogP contribution in [0.1, 0.15) is 36.0 Å². The molecule has 1 aromatic carbocycles. The van der Waals surface area contributed by atoms with Gasteiger partial charge in [0.05, 0.1) is 10.3 Å². The van der Waals surface area contributed by atoms with E-state index in [2.05, 4.69) is 0 Å².